The van der Waals surface area contributed by atoms with E-state index in [0.29, 0.717) is 13.2 Å². The maximum atomic E-state index is 11.5. The molecule has 1 fully saturated rings. The number of carbonyl (C=O) groups is 1. The number of hydrogen-bond donors (Lipinski definition) is 1. The third-order valence-electron chi connectivity index (χ3n) is 2.43. The van der Waals surface area contributed by atoms with Crippen LogP contribution in [0.3, 0.4) is 0 Å². The molecule has 1 amide bonds. The molecular formula is C14H21NO3. The third-order valence-corrected chi connectivity index (χ3v) is 2.43. The largest absolute Gasteiger partial charge is 0.443 e. The molecule has 4 heteroatoms. The normalized spacial score (nSPS) is 17.6. The molecule has 1 unspecified atom stereocenters. The topological polar surface area (TPSA) is 47.6 Å². The number of rotatable bonds is 2. The van der Waals surface area contributed by atoms with Crippen molar-refractivity contribution in [3.63, 3.8) is 0 Å². The zero-order chi connectivity index (χ0) is 13.4. The molecule has 18 heavy (non-hydrogen) atoms. The van der Waals surface area contributed by atoms with E-state index < -0.39 is 6.09 Å². The average molecular weight is 251 g/mol. The Morgan fingerprint density at radius 1 is 1.44 bits per heavy atom. The average Bonchev–Trinajstić information content (AvgIpc) is 2.84. The molecule has 1 aromatic rings. The fourth-order valence-electron chi connectivity index (χ4n) is 1.63. The Bertz CT molecular complexity index is 373. The van der Waals surface area contributed by atoms with Crippen molar-refractivity contribution in [1.82, 2.24) is 0 Å². The number of amides is 1. The summed E-state index contributed by atoms with van der Waals surface area (Å²) in [7, 11) is 0. The zero-order valence-corrected chi connectivity index (χ0v) is 11.2. The number of benzene rings is 1. The minimum absolute atomic E-state index is 0.107. The van der Waals surface area contributed by atoms with Crippen LogP contribution in [0.1, 0.15) is 25.8 Å². The number of anilines is 1. The van der Waals surface area contributed by atoms with E-state index in [1.165, 1.54) is 0 Å². The second kappa shape index (κ2) is 7.71. The van der Waals surface area contributed by atoms with E-state index in [2.05, 4.69) is 5.32 Å². The molecule has 0 radical (unpaired) electrons. The molecule has 1 heterocycles. The predicted molar refractivity (Wildman–Crippen MR) is 71.9 cm³/mol. The Balaban J connectivity index is 0.000000771. The van der Waals surface area contributed by atoms with Gasteiger partial charge in [0.25, 0.3) is 0 Å². The standard InChI is InChI=1S/C12H15NO3.C2H6/c1-9-3-2-4-10(7-9)13-12(14)16-11-5-6-15-8-11;1-2/h2-4,7,11H,5-6,8H2,1H3,(H,13,14);1-2H3. The van der Waals surface area contributed by atoms with Crippen LogP contribution < -0.4 is 5.32 Å². The lowest BCUT2D eigenvalue weighted by Gasteiger charge is -2.11. The Kier molecular flexibility index (Phi) is 6.22. The molecule has 1 N–H and O–H groups in total. The fourth-order valence-corrected chi connectivity index (χ4v) is 1.63. The van der Waals surface area contributed by atoms with Gasteiger partial charge in [0.2, 0.25) is 0 Å². The van der Waals surface area contributed by atoms with Gasteiger partial charge in [0.15, 0.2) is 0 Å². The summed E-state index contributed by atoms with van der Waals surface area (Å²) in [4.78, 5) is 11.5. The molecule has 1 aromatic carbocycles. The van der Waals surface area contributed by atoms with Crippen molar-refractivity contribution in [1.29, 1.82) is 0 Å². The van der Waals surface area contributed by atoms with E-state index in [0.717, 1.165) is 17.7 Å². The van der Waals surface area contributed by atoms with Crippen molar-refractivity contribution in [3.8, 4) is 0 Å². The molecule has 1 atom stereocenters. The summed E-state index contributed by atoms with van der Waals surface area (Å²) in [5.74, 6) is 0. The van der Waals surface area contributed by atoms with Crippen molar-refractivity contribution in [2.45, 2.75) is 33.3 Å². The van der Waals surface area contributed by atoms with Crippen LogP contribution >= 0.6 is 0 Å². The minimum atomic E-state index is -0.416. The number of carbonyl (C=O) groups excluding carboxylic acids is 1. The maximum Gasteiger partial charge on any atom is 0.411 e. The molecule has 1 saturated heterocycles. The number of hydrogen-bond acceptors (Lipinski definition) is 3. The molecule has 0 aromatic heterocycles. The van der Waals surface area contributed by atoms with Crippen LogP contribution in [-0.4, -0.2) is 25.4 Å². The van der Waals surface area contributed by atoms with Crippen molar-refractivity contribution in [2.24, 2.45) is 0 Å². The maximum absolute atomic E-state index is 11.5. The first-order valence-corrected chi connectivity index (χ1v) is 6.36. The van der Waals surface area contributed by atoms with Crippen LogP contribution in [0, 0.1) is 6.92 Å². The second-order valence-electron chi connectivity index (χ2n) is 3.89. The van der Waals surface area contributed by atoms with E-state index in [4.69, 9.17) is 9.47 Å². The van der Waals surface area contributed by atoms with E-state index >= 15 is 0 Å². The van der Waals surface area contributed by atoms with Crippen LogP contribution in [0.15, 0.2) is 24.3 Å². The smallest absolute Gasteiger partial charge is 0.411 e. The Morgan fingerprint density at radius 2 is 2.22 bits per heavy atom. The fraction of sp³-hybridized carbons (Fsp3) is 0.500. The highest BCUT2D eigenvalue weighted by atomic mass is 16.6. The van der Waals surface area contributed by atoms with E-state index in [-0.39, 0.29) is 6.10 Å². The SMILES string of the molecule is CC.Cc1cccc(NC(=O)OC2CCOC2)c1. The van der Waals surface area contributed by atoms with Gasteiger partial charge < -0.3 is 9.47 Å². The summed E-state index contributed by atoms with van der Waals surface area (Å²) in [6, 6.07) is 7.59. The van der Waals surface area contributed by atoms with Crippen LogP contribution in [-0.2, 0) is 9.47 Å². The van der Waals surface area contributed by atoms with Crippen LogP contribution in [0.2, 0.25) is 0 Å². The van der Waals surface area contributed by atoms with Crippen molar-refractivity contribution in [3.05, 3.63) is 29.8 Å². The van der Waals surface area contributed by atoms with Gasteiger partial charge in [0.05, 0.1) is 13.2 Å². The first kappa shape index (κ1) is 14.5. The van der Waals surface area contributed by atoms with Crippen LogP contribution in [0.4, 0.5) is 10.5 Å². The lowest BCUT2D eigenvalue weighted by atomic mass is 10.2. The molecule has 0 saturated carbocycles. The van der Waals surface area contributed by atoms with Gasteiger partial charge in [-0.15, -0.1) is 0 Å². The van der Waals surface area contributed by atoms with Gasteiger partial charge in [-0.3, -0.25) is 5.32 Å². The number of ether oxygens (including phenoxy) is 2. The summed E-state index contributed by atoms with van der Waals surface area (Å²) < 4.78 is 10.3. The molecule has 2 rings (SSSR count). The minimum Gasteiger partial charge on any atom is -0.443 e. The van der Waals surface area contributed by atoms with Crippen molar-refractivity contribution < 1.29 is 14.3 Å². The van der Waals surface area contributed by atoms with Crippen molar-refractivity contribution >= 4 is 11.8 Å². The Morgan fingerprint density at radius 3 is 2.83 bits per heavy atom. The first-order valence-electron chi connectivity index (χ1n) is 6.36. The van der Waals surface area contributed by atoms with E-state index in [1.54, 1.807) is 0 Å². The Hall–Kier alpha value is -1.55. The van der Waals surface area contributed by atoms with Gasteiger partial charge in [-0.05, 0) is 24.6 Å². The second-order valence-corrected chi connectivity index (χ2v) is 3.89. The van der Waals surface area contributed by atoms with Crippen LogP contribution in [0.25, 0.3) is 0 Å². The highest BCUT2D eigenvalue weighted by Crippen LogP contribution is 2.12. The van der Waals surface area contributed by atoms with Crippen LogP contribution in [0.5, 0.6) is 0 Å². The molecule has 1 aliphatic heterocycles. The zero-order valence-electron chi connectivity index (χ0n) is 11.2. The number of aryl methyl sites for hydroxylation is 1. The highest BCUT2D eigenvalue weighted by Gasteiger charge is 2.19. The van der Waals surface area contributed by atoms with Gasteiger partial charge in [0, 0.05) is 12.1 Å². The van der Waals surface area contributed by atoms with E-state index in [9.17, 15) is 4.79 Å². The molecule has 0 spiro atoms. The van der Waals surface area contributed by atoms with Gasteiger partial charge in [-0.1, -0.05) is 26.0 Å². The molecule has 100 valence electrons. The number of nitrogens with one attached hydrogen (secondary N) is 1. The predicted octanol–water partition coefficient (Wildman–Crippen LogP) is 3.36. The summed E-state index contributed by atoms with van der Waals surface area (Å²) in [5, 5.41) is 2.69. The summed E-state index contributed by atoms with van der Waals surface area (Å²) >= 11 is 0. The summed E-state index contributed by atoms with van der Waals surface area (Å²) in [5.41, 5.74) is 1.85. The van der Waals surface area contributed by atoms with Crippen molar-refractivity contribution in [2.75, 3.05) is 18.5 Å². The quantitative estimate of drug-likeness (QED) is 0.876. The van der Waals surface area contributed by atoms with E-state index in [1.807, 2.05) is 45.0 Å². The lowest BCUT2D eigenvalue weighted by molar-refractivity contribution is 0.0932. The van der Waals surface area contributed by atoms with Gasteiger partial charge in [-0.25, -0.2) is 4.79 Å². The summed E-state index contributed by atoms with van der Waals surface area (Å²) in [6.45, 7) is 7.14. The van der Waals surface area contributed by atoms with Gasteiger partial charge >= 0.3 is 6.09 Å². The lowest BCUT2D eigenvalue weighted by Crippen LogP contribution is -2.22. The summed E-state index contributed by atoms with van der Waals surface area (Å²) in [6.07, 6.45) is 0.257. The molecule has 0 aliphatic carbocycles. The third kappa shape index (κ3) is 4.75. The molecular weight excluding hydrogens is 230 g/mol. The Labute approximate surface area is 108 Å². The molecule has 4 nitrogen and oxygen atoms in total. The first-order chi connectivity index (χ1) is 8.74. The molecule has 0 bridgehead atoms. The highest BCUT2D eigenvalue weighted by molar-refractivity contribution is 5.84. The van der Waals surface area contributed by atoms with Gasteiger partial charge in [0.1, 0.15) is 6.10 Å². The molecule has 1 aliphatic rings. The van der Waals surface area contributed by atoms with Gasteiger partial charge in [-0.2, -0.15) is 0 Å². The monoisotopic (exact) mass is 251 g/mol.